The summed E-state index contributed by atoms with van der Waals surface area (Å²) in [5.74, 6) is 4.03. The molecule has 0 saturated heterocycles. The zero-order valence-corrected chi connectivity index (χ0v) is 14.3. The number of hydrogen-bond acceptors (Lipinski definition) is 5. The summed E-state index contributed by atoms with van der Waals surface area (Å²) in [6, 6.07) is 11.5. The fourth-order valence-electron chi connectivity index (χ4n) is 2.59. The van der Waals surface area contributed by atoms with Crippen molar-refractivity contribution in [2.24, 2.45) is 0 Å². The molecule has 1 N–H and O–H groups in total. The van der Waals surface area contributed by atoms with Crippen LogP contribution >= 0.6 is 0 Å². The Kier molecular flexibility index (Phi) is 4.64. The number of hydrogen-bond donors (Lipinski definition) is 1. The van der Waals surface area contributed by atoms with Gasteiger partial charge in [0.25, 0.3) is 0 Å². The van der Waals surface area contributed by atoms with Crippen molar-refractivity contribution in [1.82, 2.24) is 4.90 Å². The number of aliphatic hydroxyl groups is 1. The molecule has 3 heterocycles. The zero-order chi connectivity index (χ0) is 17.2. The molecule has 5 heteroatoms. The molecule has 3 aromatic heterocycles. The monoisotopic (exact) mass is 329 g/mol. The Morgan fingerprint density at radius 3 is 2.12 bits per heavy atom. The van der Waals surface area contributed by atoms with Crippen LogP contribution in [0.25, 0.3) is 0 Å². The third kappa shape index (κ3) is 4.19. The van der Waals surface area contributed by atoms with Gasteiger partial charge in [0.2, 0.25) is 0 Å². The largest absolute Gasteiger partial charge is 0.468 e. The van der Waals surface area contributed by atoms with Crippen LogP contribution in [0.5, 0.6) is 0 Å². The first-order valence-electron chi connectivity index (χ1n) is 8.02. The molecular formula is C19H23NO4. The van der Waals surface area contributed by atoms with Crippen LogP contribution in [0.3, 0.4) is 0 Å². The maximum absolute atomic E-state index is 10.0. The van der Waals surface area contributed by atoms with Crippen molar-refractivity contribution in [1.29, 1.82) is 0 Å². The van der Waals surface area contributed by atoms with Gasteiger partial charge in [-0.05, 0) is 57.2 Å². The van der Waals surface area contributed by atoms with Crippen LogP contribution in [0.1, 0.15) is 42.6 Å². The Hall–Kier alpha value is -2.24. The smallest absolute Gasteiger partial charge is 0.135 e. The second-order valence-electron chi connectivity index (χ2n) is 6.56. The molecule has 0 unspecified atom stereocenters. The highest BCUT2D eigenvalue weighted by molar-refractivity contribution is 5.13. The van der Waals surface area contributed by atoms with E-state index in [0.717, 1.165) is 23.0 Å². The Morgan fingerprint density at radius 2 is 1.58 bits per heavy atom. The SMILES string of the molecule is Cc1ccc(CN(Cc2ccco2)Cc2ccc(C(C)(C)O)o2)o1. The summed E-state index contributed by atoms with van der Waals surface area (Å²) in [6.07, 6.45) is 1.67. The van der Waals surface area contributed by atoms with Crippen molar-refractivity contribution >= 4 is 0 Å². The molecule has 24 heavy (non-hydrogen) atoms. The Morgan fingerprint density at radius 1 is 0.917 bits per heavy atom. The molecule has 3 aromatic rings. The molecule has 0 aromatic carbocycles. The quantitative estimate of drug-likeness (QED) is 0.704. The summed E-state index contributed by atoms with van der Waals surface area (Å²) in [7, 11) is 0. The van der Waals surface area contributed by atoms with Gasteiger partial charge >= 0.3 is 0 Å². The molecule has 0 spiro atoms. The van der Waals surface area contributed by atoms with Gasteiger partial charge in [0, 0.05) is 0 Å². The van der Waals surface area contributed by atoms with Crippen LogP contribution < -0.4 is 0 Å². The Balaban J connectivity index is 1.74. The van der Waals surface area contributed by atoms with Crippen molar-refractivity contribution in [3.05, 3.63) is 71.5 Å². The van der Waals surface area contributed by atoms with Crippen molar-refractivity contribution in [3.8, 4) is 0 Å². The highest BCUT2D eigenvalue weighted by Crippen LogP contribution is 2.24. The molecule has 0 aliphatic heterocycles. The lowest BCUT2D eigenvalue weighted by atomic mass is 10.1. The minimum absolute atomic E-state index is 0.560. The lowest BCUT2D eigenvalue weighted by molar-refractivity contribution is 0.0512. The van der Waals surface area contributed by atoms with Crippen molar-refractivity contribution < 1.29 is 18.4 Å². The molecule has 0 aliphatic rings. The topological polar surface area (TPSA) is 62.9 Å². The molecular weight excluding hydrogens is 306 g/mol. The molecule has 5 nitrogen and oxygen atoms in total. The van der Waals surface area contributed by atoms with E-state index in [1.165, 1.54) is 0 Å². The van der Waals surface area contributed by atoms with Gasteiger partial charge in [-0.25, -0.2) is 0 Å². The van der Waals surface area contributed by atoms with Crippen molar-refractivity contribution in [2.75, 3.05) is 0 Å². The maximum atomic E-state index is 10.0. The fraction of sp³-hybridized carbons (Fsp3) is 0.368. The minimum atomic E-state index is -0.984. The van der Waals surface area contributed by atoms with Gasteiger partial charge in [0.1, 0.15) is 34.4 Å². The number of aryl methyl sites for hydroxylation is 1. The minimum Gasteiger partial charge on any atom is -0.468 e. The summed E-state index contributed by atoms with van der Waals surface area (Å²) in [4.78, 5) is 2.17. The molecule has 0 amide bonds. The van der Waals surface area contributed by atoms with E-state index in [1.807, 2.05) is 43.3 Å². The lowest BCUT2D eigenvalue weighted by Gasteiger charge is -2.19. The van der Waals surface area contributed by atoms with E-state index in [-0.39, 0.29) is 0 Å². The highest BCUT2D eigenvalue weighted by atomic mass is 16.4. The van der Waals surface area contributed by atoms with Crippen LogP contribution in [0, 0.1) is 6.92 Å². The van der Waals surface area contributed by atoms with Crippen molar-refractivity contribution in [2.45, 2.75) is 46.0 Å². The van der Waals surface area contributed by atoms with Crippen LogP contribution in [0.4, 0.5) is 0 Å². The first kappa shape index (κ1) is 16.6. The summed E-state index contributed by atoms with van der Waals surface area (Å²) in [5.41, 5.74) is -0.984. The Bertz CT molecular complexity index is 761. The molecule has 0 aliphatic carbocycles. The molecule has 0 fully saturated rings. The average Bonchev–Trinajstić information content (AvgIpc) is 3.21. The molecule has 3 rings (SSSR count). The van der Waals surface area contributed by atoms with Gasteiger partial charge < -0.3 is 18.4 Å². The number of furan rings is 3. The second-order valence-corrected chi connectivity index (χ2v) is 6.56. The summed E-state index contributed by atoms with van der Waals surface area (Å²) in [6.45, 7) is 7.24. The van der Waals surface area contributed by atoms with E-state index in [4.69, 9.17) is 13.3 Å². The summed E-state index contributed by atoms with van der Waals surface area (Å²) >= 11 is 0. The van der Waals surface area contributed by atoms with E-state index >= 15 is 0 Å². The van der Waals surface area contributed by atoms with Crippen molar-refractivity contribution in [3.63, 3.8) is 0 Å². The van der Waals surface area contributed by atoms with E-state index in [0.29, 0.717) is 25.4 Å². The van der Waals surface area contributed by atoms with E-state index in [1.54, 1.807) is 20.1 Å². The van der Waals surface area contributed by atoms with Gasteiger partial charge in [-0.15, -0.1) is 0 Å². The molecule has 0 atom stereocenters. The predicted octanol–water partition coefficient (Wildman–Crippen LogP) is 4.20. The fourth-order valence-corrected chi connectivity index (χ4v) is 2.59. The van der Waals surface area contributed by atoms with Gasteiger partial charge in [0.05, 0.1) is 25.9 Å². The highest BCUT2D eigenvalue weighted by Gasteiger charge is 2.21. The predicted molar refractivity (Wildman–Crippen MR) is 89.1 cm³/mol. The van der Waals surface area contributed by atoms with Crippen LogP contribution in [0.2, 0.25) is 0 Å². The molecule has 0 saturated carbocycles. The third-order valence-electron chi connectivity index (χ3n) is 3.78. The number of rotatable bonds is 7. The molecule has 0 radical (unpaired) electrons. The summed E-state index contributed by atoms with van der Waals surface area (Å²) in [5, 5.41) is 10.0. The van der Waals surface area contributed by atoms with Crippen LogP contribution in [-0.4, -0.2) is 10.0 Å². The van der Waals surface area contributed by atoms with Gasteiger partial charge in [-0.2, -0.15) is 0 Å². The Labute approximate surface area is 141 Å². The first-order chi connectivity index (χ1) is 11.4. The average molecular weight is 329 g/mol. The maximum Gasteiger partial charge on any atom is 0.135 e. The summed E-state index contributed by atoms with van der Waals surface area (Å²) < 4.78 is 16.9. The first-order valence-corrected chi connectivity index (χ1v) is 8.02. The molecule has 128 valence electrons. The lowest BCUT2D eigenvalue weighted by Crippen LogP contribution is -2.21. The van der Waals surface area contributed by atoms with E-state index in [9.17, 15) is 5.11 Å². The van der Waals surface area contributed by atoms with Crippen LogP contribution in [0.15, 0.2) is 55.9 Å². The zero-order valence-electron chi connectivity index (χ0n) is 14.3. The third-order valence-corrected chi connectivity index (χ3v) is 3.78. The normalized spacial score (nSPS) is 12.2. The van der Waals surface area contributed by atoms with E-state index < -0.39 is 5.60 Å². The van der Waals surface area contributed by atoms with E-state index in [2.05, 4.69) is 4.90 Å². The number of nitrogens with zero attached hydrogens (tertiary/aromatic N) is 1. The standard InChI is InChI=1S/C19H23NO4/c1-14-6-7-16(23-14)12-20(11-15-5-4-10-22-15)13-17-8-9-18(24-17)19(2,3)21/h4-10,21H,11-13H2,1-3H3. The second kappa shape index (κ2) is 6.71. The van der Waals surface area contributed by atoms with Crippen LogP contribution in [-0.2, 0) is 25.2 Å². The van der Waals surface area contributed by atoms with Gasteiger partial charge in [-0.3, -0.25) is 4.90 Å². The van der Waals surface area contributed by atoms with Gasteiger partial charge in [-0.1, -0.05) is 0 Å². The van der Waals surface area contributed by atoms with Gasteiger partial charge in [0.15, 0.2) is 0 Å². The molecule has 0 bridgehead atoms.